The van der Waals surface area contributed by atoms with E-state index in [-0.39, 0.29) is 0 Å². The summed E-state index contributed by atoms with van der Waals surface area (Å²) in [5, 5.41) is 0. The first-order valence-corrected chi connectivity index (χ1v) is 13.4. The molecule has 4 rings (SSSR count). The minimum atomic E-state index is -0.563. The number of allylic oxidation sites excluding steroid dienone is 4. The molecule has 0 heterocycles. The lowest BCUT2D eigenvalue weighted by Crippen LogP contribution is -2.18. The van der Waals surface area contributed by atoms with Crippen LogP contribution in [0.3, 0.4) is 0 Å². The zero-order chi connectivity index (χ0) is 22.4. The molecule has 0 saturated carbocycles. The lowest BCUT2D eigenvalue weighted by atomic mass is 9.97. The molecule has 31 heavy (non-hydrogen) atoms. The largest absolute Gasteiger partial charge is 0.0625 e. The van der Waals surface area contributed by atoms with Gasteiger partial charge in [0, 0.05) is 11.1 Å². The topological polar surface area (TPSA) is 0 Å². The smallest absolute Gasteiger partial charge is 0.0575 e. The molecule has 2 radical (unpaired) electrons. The summed E-state index contributed by atoms with van der Waals surface area (Å²) < 4.78 is 0. The van der Waals surface area contributed by atoms with Crippen LogP contribution in [0.25, 0.3) is 11.1 Å². The van der Waals surface area contributed by atoms with Crippen molar-refractivity contribution in [1.29, 1.82) is 0 Å². The van der Waals surface area contributed by atoms with Crippen LogP contribution in [0.5, 0.6) is 0 Å². The molecular weight excluding hydrogens is 388 g/mol. The Morgan fingerprint density at radius 1 is 0.548 bits per heavy atom. The summed E-state index contributed by atoms with van der Waals surface area (Å²) in [6.07, 6.45) is 2.33. The third-order valence-corrected chi connectivity index (χ3v) is 9.83. The molecule has 0 N–H and O–H groups in total. The van der Waals surface area contributed by atoms with E-state index in [9.17, 15) is 0 Å². The molecule has 1 heteroatoms. The number of rotatable bonds is 6. The maximum atomic E-state index is 2.47. The Kier molecular flexibility index (Phi) is 6.18. The fourth-order valence-electron chi connectivity index (χ4n) is 5.42. The highest BCUT2D eigenvalue weighted by molar-refractivity contribution is 6.56. The van der Waals surface area contributed by atoms with Crippen LogP contribution in [0, 0.1) is 22.9 Å². The predicted molar refractivity (Wildman–Crippen MR) is 140 cm³/mol. The van der Waals surface area contributed by atoms with Crippen LogP contribution in [-0.4, -0.2) is 9.52 Å². The Morgan fingerprint density at radius 3 is 1.29 bits per heavy atom. The van der Waals surface area contributed by atoms with Gasteiger partial charge in [0.25, 0.3) is 0 Å². The third-order valence-electron chi connectivity index (χ3n) is 7.30. The Labute approximate surface area is 192 Å². The molecule has 0 spiro atoms. The van der Waals surface area contributed by atoms with Gasteiger partial charge >= 0.3 is 0 Å². The Hall–Kier alpha value is -1.86. The van der Waals surface area contributed by atoms with E-state index in [4.69, 9.17) is 0 Å². The summed E-state index contributed by atoms with van der Waals surface area (Å²) in [7, 11) is -0.563. The monoisotopic (exact) mass is 426 g/mol. The molecule has 0 aliphatic heterocycles. The molecule has 162 valence electrons. The van der Waals surface area contributed by atoms with E-state index < -0.39 is 9.52 Å². The second-order valence-corrected chi connectivity index (χ2v) is 12.4. The normalized spacial score (nSPS) is 16.8. The van der Waals surface area contributed by atoms with E-state index in [2.05, 4.69) is 91.8 Å². The van der Waals surface area contributed by atoms with Gasteiger partial charge in [0.1, 0.15) is 0 Å². The van der Waals surface area contributed by atoms with Gasteiger partial charge in [0.05, 0.1) is 9.52 Å². The molecule has 2 aliphatic carbocycles. The Balaban J connectivity index is 1.66. The van der Waals surface area contributed by atoms with Crippen molar-refractivity contribution in [2.75, 3.05) is 0 Å². The van der Waals surface area contributed by atoms with Gasteiger partial charge in [-0.25, -0.2) is 0 Å². The first-order valence-electron chi connectivity index (χ1n) is 12.0. The van der Waals surface area contributed by atoms with Crippen LogP contribution in [0.2, 0.25) is 0 Å². The maximum absolute atomic E-state index is 2.47. The van der Waals surface area contributed by atoms with Gasteiger partial charge in [-0.05, 0) is 96.9 Å². The summed E-state index contributed by atoms with van der Waals surface area (Å²) in [5.74, 6) is 1.40. The SMILES string of the molecule is CC1=C(C)c2cc(CC(C)C)ccc2[C]1[SiH2][C]1C(C)=C(C)c2cc(CC(C)C)ccc21. The number of hydrogen-bond acceptors (Lipinski definition) is 0. The highest BCUT2D eigenvalue weighted by atomic mass is 28.2. The standard InChI is InChI=1S/C30H38Si/c1-17(2)13-23-9-11-25-27(15-23)19(5)21(7)29(25)31-30-22(8)20(6)28-16-24(14-18(3)4)10-12-26(28)30/h9-12,15-18H,13-14,31H2,1-8H3. The van der Waals surface area contributed by atoms with Gasteiger partial charge in [-0.3, -0.25) is 0 Å². The van der Waals surface area contributed by atoms with Crippen molar-refractivity contribution in [3.8, 4) is 0 Å². The second-order valence-electron chi connectivity index (χ2n) is 10.6. The molecule has 0 atom stereocenters. The summed E-state index contributed by atoms with van der Waals surface area (Å²) in [6.45, 7) is 18.6. The van der Waals surface area contributed by atoms with E-state index >= 15 is 0 Å². The molecule has 0 unspecified atom stereocenters. The van der Waals surface area contributed by atoms with E-state index in [0.29, 0.717) is 11.8 Å². The molecule has 0 saturated heterocycles. The van der Waals surface area contributed by atoms with Crippen LogP contribution >= 0.6 is 0 Å². The first-order chi connectivity index (χ1) is 14.7. The van der Waals surface area contributed by atoms with E-state index in [1.54, 1.807) is 11.1 Å². The van der Waals surface area contributed by atoms with Gasteiger partial charge in [-0.15, -0.1) is 0 Å². The van der Waals surface area contributed by atoms with Crippen LogP contribution in [-0.2, 0) is 12.8 Å². The molecule has 0 fully saturated rings. The fourth-order valence-corrected chi connectivity index (χ4v) is 7.83. The first kappa shape index (κ1) is 22.3. The lowest BCUT2D eigenvalue weighted by Gasteiger charge is -2.20. The van der Waals surface area contributed by atoms with Crippen LogP contribution in [0.1, 0.15) is 88.8 Å². The lowest BCUT2D eigenvalue weighted by molar-refractivity contribution is 0.647. The summed E-state index contributed by atoms with van der Waals surface area (Å²) >= 11 is 0. The highest BCUT2D eigenvalue weighted by Gasteiger charge is 2.35. The van der Waals surface area contributed by atoms with E-state index in [1.807, 2.05) is 0 Å². The van der Waals surface area contributed by atoms with Crippen molar-refractivity contribution in [2.24, 2.45) is 11.8 Å². The quantitative estimate of drug-likeness (QED) is 0.424. The molecule has 0 aromatic heterocycles. The summed E-state index contributed by atoms with van der Waals surface area (Å²) in [6, 6.07) is 14.5. The molecule has 0 amide bonds. The van der Waals surface area contributed by atoms with Crippen molar-refractivity contribution in [3.05, 3.63) is 92.0 Å². The van der Waals surface area contributed by atoms with Gasteiger partial charge in [-0.1, -0.05) is 75.2 Å². The zero-order valence-electron chi connectivity index (χ0n) is 20.7. The van der Waals surface area contributed by atoms with Crippen molar-refractivity contribution in [2.45, 2.75) is 68.2 Å². The van der Waals surface area contributed by atoms with Crippen molar-refractivity contribution in [1.82, 2.24) is 0 Å². The van der Waals surface area contributed by atoms with Crippen LogP contribution < -0.4 is 0 Å². The molecule has 2 aromatic carbocycles. The number of hydrogen-bond donors (Lipinski definition) is 0. The number of benzene rings is 2. The fraction of sp³-hybridized carbons (Fsp3) is 0.400. The van der Waals surface area contributed by atoms with Crippen molar-refractivity contribution < 1.29 is 0 Å². The summed E-state index contributed by atoms with van der Waals surface area (Å²) in [5.41, 5.74) is 18.3. The van der Waals surface area contributed by atoms with Crippen molar-refractivity contribution in [3.63, 3.8) is 0 Å². The average Bonchev–Trinajstić information content (AvgIpc) is 3.08. The summed E-state index contributed by atoms with van der Waals surface area (Å²) in [4.78, 5) is 0. The Bertz CT molecular complexity index is 978. The van der Waals surface area contributed by atoms with Gasteiger partial charge < -0.3 is 0 Å². The number of fused-ring (bicyclic) bond motifs is 2. The maximum Gasteiger partial charge on any atom is 0.0575 e. The second kappa shape index (κ2) is 8.58. The van der Waals surface area contributed by atoms with Gasteiger partial charge in [-0.2, -0.15) is 0 Å². The molecule has 0 nitrogen and oxygen atoms in total. The van der Waals surface area contributed by atoms with E-state index in [0.717, 1.165) is 12.8 Å². The highest BCUT2D eigenvalue weighted by Crippen LogP contribution is 2.47. The van der Waals surface area contributed by atoms with E-state index in [1.165, 1.54) is 55.7 Å². The average molecular weight is 427 g/mol. The van der Waals surface area contributed by atoms with Crippen molar-refractivity contribution >= 4 is 20.7 Å². The molecule has 2 aliphatic rings. The molecular formula is C30H38Si. The van der Waals surface area contributed by atoms with Gasteiger partial charge in [0.15, 0.2) is 0 Å². The van der Waals surface area contributed by atoms with Crippen LogP contribution in [0.4, 0.5) is 0 Å². The molecule has 2 aromatic rings. The Morgan fingerprint density at radius 2 is 0.935 bits per heavy atom. The minimum absolute atomic E-state index is 0.563. The predicted octanol–water partition coefficient (Wildman–Crippen LogP) is 7.33. The minimum Gasteiger partial charge on any atom is -0.0625 e. The van der Waals surface area contributed by atoms with Crippen LogP contribution in [0.15, 0.2) is 47.5 Å². The zero-order valence-corrected chi connectivity index (χ0v) is 22.2. The third kappa shape index (κ3) is 4.14. The van der Waals surface area contributed by atoms with Gasteiger partial charge in [0.2, 0.25) is 0 Å². The molecule has 0 bridgehead atoms.